The van der Waals surface area contributed by atoms with Crippen LogP contribution in [-0.2, 0) is 6.42 Å². The van der Waals surface area contributed by atoms with Crippen LogP contribution in [0.5, 0.6) is 0 Å². The summed E-state index contributed by atoms with van der Waals surface area (Å²) in [6, 6.07) is 0. The van der Waals surface area contributed by atoms with Gasteiger partial charge in [0.15, 0.2) is 0 Å². The number of hydrogen-bond donors (Lipinski definition) is 3. The smallest absolute Gasteiger partial charge is 0.148 e. The number of nitrogens with two attached hydrogens (primary N) is 1. The third-order valence-corrected chi connectivity index (χ3v) is 2.76. The normalized spacial score (nSPS) is 11.5. The summed E-state index contributed by atoms with van der Waals surface area (Å²) >= 11 is 0. The third-order valence-electron chi connectivity index (χ3n) is 2.76. The van der Waals surface area contributed by atoms with Gasteiger partial charge in [0.05, 0.1) is 5.60 Å². The fraction of sp³-hybridized carbons (Fsp3) is 0.692. The zero-order valence-electron chi connectivity index (χ0n) is 12.5. The number of aliphatic hydroxyl groups is 1. The van der Waals surface area contributed by atoms with Crippen molar-refractivity contribution in [3.8, 4) is 0 Å². The molecule has 108 valence electrons. The van der Waals surface area contributed by atoms with Gasteiger partial charge in [-0.05, 0) is 27.2 Å². The summed E-state index contributed by atoms with van der Waals surface area (Å²) < 4.78 is 0. The monoisotopic (exact) mass is 267 g/mol. The van der Waals surface area contributed by atoms with E-state index in [1.807, 2.05) is 18.9 Å². The molecule has 0 aliphatic carbocycles. The molecule has 0 unspecified atom stereocenters. The highest BCUT2D eigenvalue weighted by Crippen LogP contribution is 2.23. The third kappa shape index (κ3) is 4.33. The molecule has 0 atom stereocenters. The maximum Gasteiger partial charge on any atom is 0.148 e. The van der Waals surface area contributed by atoms with Crippen molar-refractivity contribution in [2.45, 2.75) is 46.1 Å². The number of nitrogens with zero attached hydrogens (tertiary/aromatic N) is 3. The molecule has 0 radical (unpaired) electrons. The zero-order chi connectivity index (χ0) is 14.6. The van der Waals surface area contributed by atoms with Crippen molar-refractivity contribution in [1.29, 1.82) is 0 Å². The van der Waals surface area contributed by atoms with Crippen molar-refractivity contribution in [1.82, 2.24) is 9.97 Å². The first-order valence-corrected chi connectivity index (χ1v) is 6.56. The fourth-order valence-corrected chi connectivity index (χ4v) is 2.05. The van der Waals surface area contributed by atoms with Crippen LogP contribution in [0.25, 0.3) is 0 Å². The Hall–Kier alpha value is -1.40. The van der Waals surface area contributed by atoms with Gasteiger partial charge in [-0.25, -0.2) is 15.8 Å². The van der Waals surface area contributed by atoms with Gasteiger partial charge < -0.3 is 15.4 Å². The van der Waals surface area contributed by atoms with Crippen LogP contribution < -0.4 is 16.2 Å². The number of aromatic nitrogens is 2. The van der Waals surface area contributed by atoms with Crippen LogP contribution in [0.2, 0.25) is 0 Å². The first-order chi connectivity index (χ1) is 8.78. The molecule has 1 rings (SSSR count). The van der Waals surface area contributed by atoms with E-state index in [0.717, 1.165) is 30.0 Å². The number of nitrogen functional groups attached to an aromatic ring is 1. The molecule has 0 bridgehead atoms. The van der Waals surface area contributed by atoms with Crippen LogP contribution in [-0.4, -0.2) is 34.3 Å². The quantitative estimate of drug-likeness (QED) is 0.531. The van der Waals surface area contributed by atoms with E-state index in [2.05, 4.69) is 22.3 Å². The molecule has 6 nitrogen and oxygen atoms in total. The van der Waals surface area contributed by atoms with E-state index < -0.39 is 5.60 Å². The Labute approximate surface area is 115 Å². The van der Waals surface area contributed by atoms with Crippen molar-refractivity contribution in [3.05, 3.63) is 11.4 Å². The van der Waals surface area contributed by atoms with E-state index in [-0.39, 0.29) is 0 Å². The van der Waals surface area contributed by atoms with Crippen molar-refractivity contribution in [2.24, 2.45) is 5.84 Å². The van der Waals surface area contributed by atoms with Crippen molar-refractivity contribution >= 4 is 11.6 Å². The van der Waals surface area contributed by atoms with E-state index in [0.29, 0.717) is 12.4 Å². The molecule has 1 aromatic heterocycles. The number of hydrazine groups is 1. The Morgan fingerprint density at radius 1 is 1.37 bits per heavy atom. The molecule has 0 amide bonds. The molecule has 19 heavy (non-hydrogen) atoms. The van der Waals surface area contributed by atoms with Gasteiger partial charge in [-0.1, -0.05) is 6.92 Å². The number of likely N-dealkylation sites (N-methyl/N-ethyl adjacent to an activating group) is 1. The Balaban J connectivity index is 3.13. The molecule has 0 saturated heterocycles. The fourth-order valence-electron chi connectivity index (χ4n) is 2.05. The molecular weight excluding hydrogens is 242 g/mol. The second kappa shape index (κ2) is 6.16. The first-order valence-electron chi connectivity index (χ1n) is 6.56. The lowest BCUT2D eigenvalue weighted by Gasteiger charge is -2.28. The van der Waals surface area contributed by atoms with E-state index in [9.17, 15) is 5.11 Å². The molecule has 1 aromatic rings. The molecule has 0 aliphatic rings. The minimum atomic E-state index is -0.784. The van der Waals surface area contributed by atoms with E-state index in [4.69, 9.17) is 5.84 Å². The number of aryl methyl sites for hydroxylation is 1. The van der Waals surface area contributed by atoms with Gasteiger partial charge in [0.1, 0.15) is 17.5 Å². The Morgan fingerprint density at radius 2 is 2.00 bits per heavy atom. The van der Waals surface area contributed by atoms with E-state index in [1.165, 1.54) is 0 Å². The van der Waals surface area contributed by atoms with Gasteiger partial charge in [-0.3, -0.25) is 0 Å². The minimum absolute atomic E-state index is 0.487. The summed E-state index contributed by atoms with van der Waals surface area (Å²) in [5.41, 5.74) is 2.71. The molecular formula is C13H25N5O. The highest BCUT2D eigenvalue weighted by Gasteiger charge is 2.20. The van der Waals surface area contributed by atoms with Gasteiger partial charge in [0, 0.05) is 25.6 Å². The molecule has 0 saturated carbocycles. The van der Waals surface area contributed by atoms with Gasteiger partial charge in [-0.15, -0.1) is 0 Å². The minimum Gasteiger partial charge on any atom is -0.389 e. The average molecular weight is 267 g/mol. The van der Waals surface area contributed by atoms with Crippen LogP contribution in [0, 0.1) is 6.92 Å². The topological polar surface area (TPSA) is 87.3 Å². The lowest BCUT2D eigenvalue weighted by Crippen LogP contribution is -2.37. The maximum absolute atomic E-state index is 9.91. The number of anilines is 2. The van der Waals surface area contributed by atoms with Crippen LogP contribution in [0.15, 0.2) is 0 Å². The molecule has 0 aliphatic heterocycles. The first kappa shape index (κ1) is 15.7. The number of nitrogens with one attached hydrogen (secondary N) is 1. The van der Waals surface area contributed by atoms with Crippen LogP contribution in [0.1, 0.15) is 38.6 Å². The number of hydrogen-bond acceptors (Lipinski definition) is 6. The largest absolute Gasteiger partial charge is 0.389 e. The van der Waals surface area contributed by atoms with Crippen LogP contribution >= 0.6 is 0 Å². The standard InChI is InChI=1S/C13H25N5O/c1-6-7-10-15-11(17-14)9(2)12(16-10)18(5)8-13(3,4)19/h19H,6-8,14H2,1-5H3,(H,15,16,17). The van der Waals surface area contributed by atoms with Crippen LogP contribution in [0.3, 0.4) is 0 Å². The predicted molar refractivity (Wildman–Crippen MR) is 78.1 cm³/mol. The van der Waals surface area contributed by atoms with Crippen molar-refractivity contribution < 1.29 is 5.11 Å². The zero-order valence-corrected chi connectivity index (χ0v) is 12.5. The molecule has 1 heterocycles. The highest BCUT2D eigenvalue weighted by molar-refractivity contribution is 5.58. The average Bonchev–Trinajstić information content (AvgIpc) is 2.29. The maximum atomic E-state index is 9.91. The predicted octanol–water partition coefficient (Wildman–Crippen LogP) is 1.23. The second-order valence-electron chi connectivity index (χ2n) is 5.50. The molecule has 0 spiro atoms. The number of rotatable bonds is 6. The highest BCUT2D eigenvalue weighted by atomic mass is 16.3. The van der Waals surface area contributed by atoms with Gasteiger partial charge in [0.25, 0.3) is 0 Å². The summed E-state index contributed by atoms with van der Waals surface area (Å²) in [6.45, 7) is 8.03. The molecule has 6 heteroatoms. The van der Waals surface area contributed by atoms with Gasteiger partial charge >= 0.3 is 0 Å². The summed E-state index contributed by atoms with van der Waals surface area (Å²) in [7, 11) is 1.91. The molecule has 0 aromatic carbocycles. The molecule has 4 N–H and O–H groups in total. The Kier molecular flexibility index (Phi) is 5.08. The summed E-state index contributed by atoms with van der Waals surface area (Å²) in [5.74, 6) is 7.70. The second-order valence-corrected chi connectivity index (χ2v) is 5.50. The van der Waals surface area contributed by atoms with Crippen LogP contribution in [0.4, 0.5) is 11.6 Å². The summed E-state index contributed by atoms with van der Waals surface area (Å²) in [5, 5.41) is 9.91. The van der Waals surface area contributed by atoms with Crippen molar-refractivity contribution in [3.63, 3.8) is 0 Å². The SMILES string of the molecule is CCCc1nc(NN)c(C)c(N(C)CC(C)(C)O)n1. The Bertz CT molecular complexity index is 428. The van der Waals surface area contributed by atoms with Crippen molar-refractivity contribution in [2.75, 3.05) is 23.9 Å². The van der Waals surface area contributed by atoms with E-state index >= 15 is 0 Å². The van der Waals surface area contributed by atoms with E-state index in [1.54, 1.807) is 13.8 Å². The summed E-state index contributed by atoms with van der Waals surface area (Å²) in [4.78, 5) is 10.9. The Morgan fingerprint density at radius 3 is 2.47 bits per heavy atom. The lowest BCUT2D eigenvalue weighted by atomic mass is 10.1. The van der Waals surface area contributed by atoms with Gasteiger partial charge in [0.2, 0.25) is 0 Å². The summed E-state index contributed by atoms with van der Waals surface area (Å²) in [6.07, 6.45) is 1.78. The van der Waals surface area contributed by atoms with Gasteiger partial charge in [-0.2, -0.15) is 0 Å². The lowest BCUT2D eigenvalue weighted by molar-refractivity contribution is 0.0884. The molecule has 0 fully saturated rings.